The van der Waals surface area contributed by atoms with Gasteiger partial charge >= 0.3 is 0 Å². The summed E-state index contributed by atoms with van der Waals surface area (Å²) in [6.07, 6.45) is 6.72. The van der Waals surface area contributed by atoms with Gasteiger partial charge in [-0.3, -0.25) is 0 Å². The van der Waals surface area contributed by atoms with Crippen LogP contribution in [0, 0.1) is 23.2 Å². The lowest BCUT2D eigenvalue weighted by molar-refractivity contribution is 0.357. The van der Waals surface area contributed by atoms with Gasteiger partial charge in [0.15, 0.2) is 0 Å². The summed E-state index contributed by atoms with van der Waals surface area (Å²) in [7, 11) is 0. The van der Waals surface area contributed by atoms with Crippen LogP contribution in [-0.2, 0) is 0 Å². The molecule has 0 aromatic heterocycles. The third-order valence-corrected chi connectivity index (χ3v) is 3.59. The molecule has 0 saturated carbocycles. The molecule has 0 bridgehead atoms. The molecule has 1 rings (SSSR count). The summed E-state index contributed by atoms with van der Waals surface area (Å²) in [6, 6.07) is 10.2. The molecule has 0 nitrogen and oxygen atoms in total. The first-order valence-electron chi connectivity index (χ1n) is 6.88. The van der Waals surface area contributed by atoms with Crippen LogP contribution in [0.4, 0.5) is 0 Å². The minimum Gasteiger partial charge on any atom is -0.0873 e. The van der Waals surface area contributed by atoms with E-state index in [0.717, 1.165) is 18.4 Å². The van der Waals surface area contributed by atoms with Crippen molar-refractivity contribution in [3.05, 3.63) is 48.0 Å². The maximum Gasteiger partial charge on any atom is 0.0494 e. The molecule has 2 unspecified atom stereocenters. The SMILES string of the molecule is CC/C=C\C(C)(C#Cc1ccccc1)C(C)CC. The molecule has 0 saturated heterocycles. The molecule has 0 heteroatoms. The van der Waals surface area contributed by atoms with E-state index in [1.807, 2.05) is 18.2 Å². The van der Waals surface area contributed by atoms with Crippen LogP contribution in [0.25, 0.3) is 0 Å². The van der Waals surface area contributed by atoms with Crippen molar-refractivity contribution in [2.45, 2.75) is 40.5 Å². The number of rotatable bonds is 4. The lowest BCUT2D eigenvalue weighted by Crippen LogP contribution is -2.20. The Morgan fingerprint density at radius 2 is 1.89 bits per heavy atom. The minimum absolute atomic E-state index is 0.0272. The number of hydrogen-bond donors (Lipinski definition) is 0. The Morgan fingerprint density at radius 1 is 1.22 bits per heavy atom. The van der Waals surface area contributed by atoms with Crippen LogP contribution in [0.1, 0.15) is 46.1 Å². The van der Waals surface area contributed by atoms with Gasteiger partial charge in [-0.1, -0.05) is 69.4 Å². The summed E-state index contributed by atoms with van der Waals surface area (Å²) < 4.78 is 0. The van der Waals surface area contributed by atoms with Crippen molar-refractivity contribution in [3.8, 4) is 11.8 Å². The molecule has 18 heavy (non-hydrogen) atoms. The highest BCUT2D eigenvalue weighted by Crippen LogP contribution is 2.30. The Kier molecular flexibility index (Phi) is 5.72. The Balaban J connectivity index is 2.99. The summed E-state index contributed by atoms with van der Waals surface area (Å²) in [5, 5.41) is 0. The summed E-state index contributed by atoms with van der Waals surface area (Å²) in [5.41, 5.74) is 1.07. The second kappa shape index (κ2) is 7.07. The third kappa shape index (κ3) is 4.08. The van der Waals surface area contributed by atoms with Gasteiger partial charge in [-0.2, -0.15) is 0 Å². The molecule has 0 aliphatic heterocycles. The third-order valence-electron chi connectivity index (χ3n) is 3.59. The van der Waals surface area contributed by atoms with Crippen molar-refractivity contribution in [2.24, 2.45) is 11.3 Å². The van der Waals surface area contributed by atoms with Gasteiger partial charge in [0.05, 0.1) is 0 Å². The second-order valence-electron chi connectivity index (χ2n) is 5.02. The van der Waals surface area contributed by atoms with Gasteiger partial charge < -0.3 is 0 Å². The maximum atomic E-state index is 3.46. The van der Waals surface area contributed by atoms with E-state index in [4.69, 9.17) is 0 Å². The van der Waals surface area contributed by atoms with Gasteiger partial charge in [0, 0.05) is 11.0 Å². The zero-order valence-corrected chi connectivity index (χ0v) is 12.0. The van der Waals surface area contributed by atoms with E-state index in [9.17, 15) is 0 Å². The Bertz CT molecular complexity index is 430. The highest BCUT2D eigenvalue weighted by molar-refractivity contribution is 5.36. The molecule has 0 aliphatic carbocycles. The van der Waals surface area contributed by atoms with E-state index in [1.54, 1.807) is 0 Å². The first-order chi connectivity index (χ1) is 8.62. The van der Waals surface area contributed by atoms with Gasteiger partial charge in [0.1, 0.15) is 0 Å². The van der Waals surface area contributed by atoms with Gasteiger partial charge in [0.2, 0.25) is 0 Å². The van der Waals surface area contributed by atoms with Gasteiger partial charge in [-0.15, -0.1) is 0 Å². The zero-order valence-electron chi connectivity index (χ0n) is 12.0. The predicted octanol–water partition coefficient (Wildman–Crippen LogP) is 5.06. The van der Waals surface area contributed by atoms with E-state index in [0.29, 0.717) is 5.92 Å². The molecule has 1 aromatic carbocycles. The van der Waals surface area contributed by atoms with Crippen LogP contribution in [0.2, 0.25) is 0 Å². The van der Waals surface area contributed by atoms with Crippen LogP contribution < -0.4 is 0 Å². The Hall–Kier alpha value is -1.48. The number of hydrogen-bond acceptors (Lipinski definition) is 0. The molecule has 0 aliphatic rings. The fraction of sp³-hybridized carbons (Fsp3) is 0.444. The van der Waals surface area contributed by atoms with Crippen molar-refractivity contribution in [3.63, 3.8) is 0 Å². The quantitative estimate of drug-likeness (QED) is 0.510. The second-order valence-corrected chi connectivity index (χ2v) is 5.02. The van der Waals surface area contributed by atoms with E-state index < -0.39 is 0 Å². The fourth-order valence-corrected chi connectivity index (χ4v) is 1.84. The first kappa shape index (κ1) is 14.6. The first-order valence-corrected chi connectivity index (χ1v) is 6.88. The Morgan fingerprint density at radius 3 is 2.44 bits per heavy atom. The lowest BCUT2D eigenvalue weighted by Gasteiger charge is -2.26. The topological polar surface area (TPSA) is 0 Å². The van der Waals surface area contributed by atoms with Crippen LogP contribution in [0.5, 0.6) is 0 Å². The number of allylic oxidation sites excluding steroid dienone is 2. The summed E-state index contributed by atoms with van der Waals surface area (Å²) in [6.45, 7) is 8.91. The van der Waals surface area contributed by atoms with E-state index in [2.05, 4.69) is 63.8 Å². The predicted molar refractivity (Wildman–Crippen MR) is 80.3 cm³/mol. The summed E-state index contributed by atoms with van der Waals surface area (Å²) in [4.78, 5) is 0. The number of benzene rings is 1. The molecule has 0 heterocycles. The van der Waals surface area contributed by atoms with Crippen molar-refractivity contribution in [2.75, 3.05) is 0 Å². The minimum atomic E-state index is -0.0272. The normalized spacial score (nSPS) is 15.8. The molecule has 1 aromatic rings. The molecule has 0 N–H and O–H groups in total. The van der Waals surface area contributed by atoms with Crippen molar-refractivity contribution >= 4 is 0 Å². The van der Waals surface area contributed by atoms with Gasteiger partial charge in [-0.05, 0) is 31.4 Å². The fourth-order valence-electron chi connectivity index (χ4n) is 1.84. The molecule has 0 amide bonds. The molecular formula is C18H24. The summed E-state index contributed by atoms with van der Waals surface area (Å²) >= 11 is 0. The molecule has 2 atom stereocenters. The molecule has 0 radical (unpaired) electrons. The van der Waals surface area contributed by atoms with E-state index in [1.165, 1.54) is 0 Å². The lowest BCUT2D eigenvalue weighted by atomic mass is 9.76. The summed E-state index contributed by atoms with van der Waals surface area (Å²) in [5.74, 6) is 7.34. The average Bonchev–Trinajstić information content (AvgIpc) is 2.43. The van der Waals surface area contributed by atoms with Crippen LogP contribution in [0.15, 0.2) is 42.5 Å². The average molecular weight is 240 g/mol. The van der Waals surface area contributed by atoms with Gasteiger partial charge in [-0.25, -0.2) is 0 Å². The molecule has 96 valence electrons. The highest BCUT2D eigenvalue weighted by atomic mass is 14.3. The van der Waals surface area contributed by atoms with E-state index >= 15 is 0 Å². The standard InChI is InChI=1S/C18H24/c1-5-7-14-18(4,16(3)6-2)15-13-17-11-9-8-10-12-17/h7-12,14,16H,5-6H2,1-4H3/b14-7-. The van der Waals surface area contributed by atoms with Crippen molar-refractivity contribution in [1.82, 2.24) is 0 Å². The largest absolute Gasteiger partial charge is 0.0873 e. The highest BCUT2D eigenvalue weighted by Gasteiger charge is 2.24. The Labute approximate surface area is 112 Å². The molecular weight excluding hydrogens is 216 g/mol. The molecule has 0 fully saturated rings. The van der Waals surface area contributed by atoms with Gasteiger partial charge in [0.25, 0.3) is 0 Å². The maximum absolute atomic E-state index is 3.46. The zero-order chi connectivity index (χ0) is 13.4. The molecule has 0 spiro atoms. The van der Waals surface area contributed by atoms with Crippen LogP contribution in [-0.4, -0.2) is 0 Å². The van der Waals surface area contributed by atoms with Crippen LogP contribution in [0.3, 0.4) is 0 Å². The smallest absolute Gasteiger partial charge is 0.0494 e. The van der Waals surface area contributed by atoms with E-state index in [-0.39, 0.29) is 5.41 Å². The van der Waals surface area contributed by atoms with Crippen molar-refractivity contribution in [1.29, 1.82) is 0 Å². The van der Waals surface area contributed by atoms with Crippen molar-refractivity contribution < 1.29 is 0 Å². The monoisotopic (exact) mass is 240 g/mol. The van der Waals surface area contributed by atoms with Crippen LogP contribution >= 0.6 is 0 Å².